The molecule has 0 radical (unpaired) electrons. The number of fused-ring (bicyclic) bond motifs is 1. The van der Waals surface area contributed by atoms with Gasteiger partial charge in [0.2, 0.25) is 0 Å². The van der Waals surface area contributed by atoms with Crippen LogP contribution in [0.25, 0.3) is 0 Å². The van der Waals surface area contributed by atoms with Crippen molar-refractivity contribution in [2.75, 3.05) is 29.5 Å². The largest absolute Gasteiger partial charge is 0.447 e. The van der Waals surface area contributed by atoms with Crippen LogP contribution in [0, 0.1) is 0 Å². The number of halogens is 3. The molecular weight excluding hydrogens is 347 g/mol. The molecular formula is C18H16F3N3O2. The van der Waals surface area contributed by atoms with Crippen molar-refractivity contribution in [3.63, 3.8) is 0 Å². The van der Waals surface area contributed by atoms with E-state index >= 15 is 0 Å². The van der Waals surface area contributed by atoms with Crippen LogP contribution in [-0.2, 0) is 23.9 Å². The van der Waals surface area contributed by atoms with Crippen LogP contribution in [0.1, 0.15) is 16.8 Å². The lowest BCUT2D eigenvalue weighted by molar-refractivity contribution is -0.141. The Labute approximate surface area is 148 Å². The van der Waals surface area contributed by atoms with Gasteiger partial charge in [-0.1, -0.05) is 18.2 Å². The molecule has 3 heterocycles. The second kappa shape index (κ2) is 6.19. The molecule has 1 aromatic heterocycles. The highest BCUT2D eigenvalue weighted by Gasteiger charge is 2.33. The van der Waals surface area contributed by atoms with Crippen molar-refractivity contribution < 1.29 is 22.7 Å². The fourth-order valence-electron chi connectivity index (χ4n) is 3.41. The van der Waals surface area contributed by atoms with Gasteiger partial charge >= 0.3 is 12.3 Å². The van der Waals surface area contributed by atoms with Gasteiger partial charge < -0.3 is 9.64 Å². The number of benzene rings is 1. The van der Waals surface area contributed by atoms with Crippen LogP contribution in [-0.4, -0.2) is 30.8 Å². The van der Waals surface area contributed by atoms with Gasteiger partial charge in [0.1, 0.15) is 18.1 Å². The Morgan fingerprint density at radius 2 is 1.88 bits per heavy atom. The molecule has 4 rings (SSSR count). The third kappa shape index (κ3) is 2.95. The molecule has 0 saturated carbocycles. The maximum absolute atomic E-state index is 12.9. The van der Waals surface area contributed by atoms with Crippen molar-refractivity contribution in [3.05, 3.63) is 53.2 Å². The SMILES string of the molecule is O=C1OCCN1c1cccc2c1CCN(c1cccc(C(F)(F)F)n1)C2. The van der Waals surface area contributed by atoms with Crippen molar-refractivity contribution in [1.82, 2.24) is 4.98 Å². The third-order valence-corrected chi connectivity index (χ3v) is 4.64. The summed E-state index contributed by atoms with van der Waals surface area (Å²) in [6, 6.07) is 9.59. The molecule has 0 N–H and O–H groups in total. The zero-order chi connectivity index (χ0) is 18.3. The van der Waals surface area contributed by atoms with Gasteiger partial charge in [0.05, 0.1) is 12.2 Å². The molecule has 2 aliphatic rings. The Bertz CT molecular complexity index is 854. The highest BCUT2D eigenvalue weighted by atomic mass is 19.4. The number of nitrogens with zero attached hydrogens (tertiary/aromatic N) is 3. The first kappa shape index (κ1) is 16.7. The summed E-state index contributed by atoms with van der Waals surface area (Å²) in [5.41, 5.74) is 1.94. The van der Waals surface area contributed by atoms with E-state index in [1.54, 1.807) is 11.0 Å². The predicted octanol–water partition coefficient (Wildman–Crippen LogP) is 3.62. The van der Waals surface area contributed by atoms with Gasteiger partial charge in [-0.25, -0.2) is 9.78 Å². The number of hydrogen-bond acceptors (Lipinski definition) is 4. The number of rotatable bonds is 2. The average molecular weight is 363 g/mol. The van der Waals surface area contributed by atoms with Gasteiger partial charge in [-0.05, 0) is 35.7 Å². The number of anilines is 2. The molecule has 8 heteroatoms. The van der Waals surface area contributed by atoms with Crippen LogP contribution in [0.5, 0.6) is 0 Å². The number of cyclic esters (lactones) is 1. The quantitative estimate of drug-likeness (QED) is 0.818. The van der Waals surface area contributed by atoms with E-state index in [1.807, 2.05) is 23.1 Å². The summed E-state index contributed by atoms with van der Waals surface area (Å²) in [4.78, 5) is 19.1. The van der Waals surface area contributed by atoms with Crippen molar-refractivity contribution >= 4 is 17.6 Å². The number of amides is 1. The molecule has 5 nitrogen and oxygen atoms in total. The van der Waals surface area contributed by atoms with Gasteiger partial charge in [-0.15, -0.1) is 0 Å². The molecule has 136 valence electrons. The van der Waals surface area contributed by atoms with E-state index in [0.29, 0.717) is 38.5 Å². The molecule has 26 heavy (non-hydrogen) atoms. The normalized spacial score (nSPS) is 17.3. The monoisotopic (exact) mass is 363 g/mol. The smallest absolute Gasteiger partial charge is 0.433 e. The van der Waals surface area contributed by atoms with E-state index in [4.69, 9.17) is 4.74 Å². The van der Waals surface area contributed by atoms with Gasteiger partial charge in [-0.2, -0.15) is 13.2 Å². The molecule has 0 unspecified atom stereocenters. The first-order valence-electron chi connectivity index (χ1n) is 8.28. The molecule has 1 fully saturated rings. The summed E-state index contributed by atoms with van der Waals surface area (Å²) in [5, 5.41) is 0. The minimum Gasteiger partial charge on any atom is -0.447 e. The van der Waals surface area contributed by atoms with E-state index in [-0.39, 0.29) is 6.09 Å². The Balaban J connectivity index is 1.62. The number of aromatic nitrogens is 1. The molecule has 1 amide bonds. The number of carbonyl (C=O) groups is 1. The maximum Gasteiger partial charge on any atom is 0.433 e. The summed E-state index contributed by atoms with van der Waals surface area (Å²) in [7, 11) is 0. The minimum atomic E-state index is -4.47. The summed E-state index contributed by atoms with van der Waals surface area (Å²) < 4.78 is 43.7. The van der Waals surface area contributed by atoms with Crippen LogP contribution in [0.4, 0.5) is 29.5 Å². The van der Waals surface area contributed by atoms with Gasteiger partial charge in [-0.3, -0.25) is 4.90 Å². The van der Waals surface area contributed by atoms with Crippen LogP contribution in [0.3, 0.4) is 0 Å². The van der Waals surface area contributed by atoms with Crippen LogP contribution >= 0.6 is 0 Å². The number of carbonyl (C=O) groups excluding carboxylic acids is 1. The Morgan fingerprint density at radius 1 is 1.08 bits per heavy atom. The lowest BCUT2D eigenvalue weighted by Crippen LogP contribution is -2.33. The second-order valence-corrected chi connectivity index (χ2v) is 6.23. The highest BCUT2D eigenvalue weighted by Crippen LogP contribution is 2.33. The van der Waals surface area contributed by atoms with Crippen LogP contribution in [0.15, 0.2) is 36.4 Å². The number of alkyl halides is 3. The van der Waals surface area contributed by atoms with E-state index in [9.17, 15) is 18.0 Å². The predicted molar refractivity (Wildman–Crippen MR) is 89.1 cm³/mol. The fourth-order valence-corrected chi connectivity index (χ4v) is 3.41. The van der Waals surface area contributed by atoms with Crippen molar-refractivity contribution in [2.45, 2.75) is 19.1 Å². The summed E-state index contributed by atoms with van der Waals surface area (Å²) in [6.07, 6.45) is -4.21. The van der Waals surface area contributed by atoms with E-state index in [0.717, 1.165) is 22.9 Å². The number of pyridine rings is 1. The zero-order valence-corrected chi connectivity index (χ0v) is 13.8. The van der Waals surface area contributed by atoms with Gasteiger partial charge in [0, 0.05) is 13.1 Å². The first-order valence-corrected chi connectivity index (χ1v) is 8.28. The number of ether oxygens (including phenoxy) is 1. The zero-order valence-electron chi connectivity index (χ0n) is 13.8. The molecule has 0 aliphatic carbocycles. The molecule has 1 saturated heterocycles. The van der Waals surface area contributed by atoms with Crippen LogP contribution in [0.2, 0.25) is 0 Å². The fraction of sp³-hybridized carbons (Fsp3) is 0.333. The van der Waals surface area contributed by atoms with Crippen molar-refractivity contribution in [3.8, 4) is 0 Å². The van der Waals surface area contributed by atoms with Crippen molar-refractivity contribution in [2.24, 2.45) is 0 Å². The molecule has 2 aliphatic heterocycles. The Kier molecular flexibility index (Phi) is 3.97. The first-order chi connectivity index (χ1) is 12.4. The highest BCUT2D eigenvalue weighted by molar-refractivity contribution is 5.90. The summed E-state index contributed by atoms with van der Waals surface area (Å²) in [5.74, 6) is 0.302. The van der Waals surface area contributed by atoms with E-state index < -0.39 is 11.9 Å². The molecule has 0 bridgehead atoms. The van der Waals surface area contributed by atoms with E-state index in [2.05, 4.69) is 4.98 Å². The molecule has 0 atom stereocenters. The maximum atomic E-state index is 12.9. The van der Waals surface area contributed by atoms with E-state index in [1.165, 1.54) is 6.07 Å². The van der Waals surface area contributed by atoms with Crippen LogP contribution < -0.4 is 9.80 Å². The lowest BCUT2D eigenvalue weighted by atomic mass is 9.97. The standard InChI is InChI=1S/C18H16F3N3O2/c19-18(20,21)15-5-2-6-16(22-15)23-8-7-13-12(11-23)3-1-4-14(13)24-9-10-26-17(24)25/h1-6H,7-11H2. The topological polar surface area (TPSA) is 45.7 Å². The Morgan fingerprint density at radius 3 is 2.62 bits per heavy atom. The molecule has 1 aromatic carbocycles. The third-order valence-electron chi connectivity index (χ3n) is 4.64. The molecule has 2 aromatic rings. The van der Waals surface area contributed by atoms with Gasteiger partial charge in [0.25, 0.3) is 0 Å². The average Bonchev–Trinajstić information content (AvgIpc) is 3.06. The second-order valence-electron chi connectivity index (χ2n) is 6.23. The Hall–Kier alpha value is -2.77. The molecule has 0 spiro atoms. The summed E-state index contributed by atoms with van der Waals surface area (Å²) in [6.45, 7) is 1.85. The lowest BCUT2D eigenvalue weighted by Gasteiger charge is -2.32. The minimum absolute atomic E-state index is 0.302. The van der Waals surface area contributed by atoms with Crippen molar-refractivity contribution in [1.29, 1.82) is 0 Å². The van der Waals surface area contributed by atoms with Gasteiger partial charge in [0.15, 0.2) is 0 Å². The summed E-state index contributed by atoms with van der Waals surface area (Å²) >= 11 is 0. The number of hydrogen-bond donors (Lipinski definition) is 0.